The summed E-state index contributed by atoms with van der Waals surface area (Å²) in [6.07, 6.45) is 0. The summed E-state index contributed by atoms with van der Waals surface area (Å²) in [5, 5.41) is 18.9. The summed E-state index contributed by atoms with van der Waals surface area (Å²) in [6.45, 7) is 8.38. The van der Waals surface area contributed by atoms with Crippen LogP contribution in [0.25, 0.3) is 0 Å². The Hall–Kier alpha value is -1.97. The molecule has 4 nitrogen and oxygen atoms in total. The van der Waals surface area contributed by atoms with E-state index in [0.717, 1.165) is 5.57 Å². The highest BCUT2D eigenvalue weighted by atomic mass is 16.3. The number of hydrogen-bond acceptors (Lipinski definition) is 3. The van der Waals surface area contributed by atoms with Gasteiger partial charge < -0.3 is 15.1 Å². The van der Waals surface area contributed by atoms with Crippen LogP contribution in [0.2, 0.25) is 0 Å². The quantitative estimate of drug-likeness (QED) is 0.621. The van der Waals surface area contributed by atoms with Crippen molar-refractivity contribution in [3.63, 3.8) is 0 Å². The molecule has 1 aromatic carbocycles. The molecule has 92 valence electrons. The number of rotatable bonds is 4. The van der Waals surface area contributed by atoms with Crippen molar-refractivity contribution in [2.45, 2.75) is 13.8 Å². The zero-order valence-corrected chi connectivity index (χ0v) is 10.1. The second-order valence-electron chi connectivity index (χ2n) is 3.98. The first-order chi connectivity index (χ1) is 7.95. The van der Waals surface area contributed by atoms with Gasteiger partial charge in [0.2, 0.25) is 0 Å². The molecule has 0 bridgehead atoms. The number of likely N-dealkylation sites (N-methyl/N-ethyl adjacent to an activating group) is 1. The number of nitrogens with zero attached hydrogens (tertiary/aromatic N) is 1. The Balaban J connectivity index is 3.01. The molecule has 2 N–H and O–H groups in total. The van der Waals surface area contributed by atoms with Crippen LogP contribution in [0.5, 0.6) is 11.5 Å². The number of amides is 1. The van der Waals surface area contributed by atoms with Crippen LogP contribution in [-0.4, -0.2) is 34.1 Å². The summed E-state index contributed by atoms with van der Waals surface area (Å²) in [6, 6.07) is 3.90. The van der Waals surface area contributed by atoms with Gasteiger partial charge in [0.05, 0.1) is 5.56 Å². The van der Waals surface area contributed by atoms with Gasteiger partial charge in [-0.25, -0.2) is 0 Å². The molecule has 0 radical (unpaired) electrons. The third-order valence-electron chi connectivity index (χ3n) is 2.34. The average molecular weight is 235 g/mol. The Kier molecular flexibility index (Phi) is 4.15. The maximum Gasteiger partial charge on any atom is 0.258 e. The molecule has 1 amide bonds. The number of carbonyl (C=O) groups excluding carboxylic acids is 1. The SMILES string of the molecule is C=C(C)CN(CC)C(=O)c1cc(O)ccc1O. The molecule has 0 saturated heterocycles. The Labute approximate surface area is 101 Å². The lowest BCUT2D eigenvalue weighted by Crippen LogP contribution is -2.32. The first-order valence-corrected chi connectivity index (χ1v) is 5.41. The van der Waals surface area contributed by atoms with Gasteiger partial charge in [0.15, 0.2) is 0 Å². The van der Waals surface area contributed by atoms with Crippen molar-refractivity contribution in [3.8, 4) is 11.5 Å². The normalized spacial score (nSPS) is 10.0. The Morgan fingerprint density at radius 2 is 2.06 bits per heavy atom. The molecule has 0 aliphatic carbocycles. The standard InChI is InChI=1S/C13H17NO3/c1-4-14(8-9(2)3)13(17)11-7-10(15)5-6-12(11)16/h5-7,15-16H,2,4,8H2,1,3H3. The van der Waals surface area contributed by atoms with E-state index in [1.807, 2.05) is 13.8 Å². The number of benzene rings is 1. The smallest absolute Gasteiger partial charge is 0.258 e. The molecule has 0 heterocycles. The van der Waals surface area contributed by atoms with Gasteiger partial charge in [0.25, 0.3) is 5.91 Å². The minimum Gasteiger partial charge on any atom is -0.508 e. The minimum absolute atomic E-state index is 0.0440. The van der Waals surface area contributed by atoms with Crippen LogP contribution in [-0.2, 0) is 0 Å². The predicted molar refractivity (Wildman–Crippen MR) is 66.2 cm³/mol. The van der Waals surface area contributed by atoms with Gasteiger partial charge in [-0.05, 0) is 32.0 Å². The van der Waals surface area contributed by atoms with Gasteiger partial charge in [-0.2, -0.15) is 0 Å². The number of hydrogen-bond donors (Lipinski definition) is 2. The van der Waals surface area contributed by atoms with E-state index in [9.17, 15) is 15.0 Å². The van der Waals surface area contributed by atoms with Gasteiger partial charge in [0, 0.05) is 13.1 Å². The van der Waals surface area contributed by atoms with Crippen molar-refractivity contribution in [3.05, 3.63) is 35.9 Å². The van der Waals surface area contributed by atoms with Crippen LogP contribution in [0.15, 0.2) is 30.4 Å². The molecule has 0 unspecified atom stereocenters. The summed E-state index contributed by atoms with van der Waals surface area (Å²) >= 11 is 0. The van der Waals surface area contributed by atoms with Gasteiger partial charge >= 0.3 is 0 Å². The van der Waals surface area contributed by atoms with E-state index in [2.05, 4.69) is 6.58 Å². The first kappa shape index (κ1) is 13.1. The van der Waals surface area contributed by atoms with Gasteiger partial charge in [0.1, 0.15) is 11.5 Å². The van der Waals surface area contributed by atoms with E-state index >= 15 is 0 Å². The third kappa shape index (κ3) is 3.24. The number of phenolic OH excluding ortho intramolecular Hbond substituents is 2. The van der Waals surface area contributed by atoms with Crippen LogP contribution < -0.4 is 0 Å². The van der Waals surface area contributed by atoms with Crippen molar-refractivity contribution in [2.24, 2.45) is 0 Å². The molecular formula is C13H17NO3. The number of phenols is 2. The van der Waals surface area contributed by atoms with Crippen molar-refractivity contribution in [1.82, 2.24) is 4.90 Å². The molecule has 0 saturated carbocycles. The Bertz CT molecular complexity index is 440. The molecule has 4 heteroatoms. The molecule has 0 aliphatic heterocycles. The lowest BCUT2D eigenvalue weighted by molar-refractivity contribution is 0.0775. The maximum absolute atomic E-state index is 12.1. The lowest BCUT2D eigenvalue weighted by Gasteiger charge is -2.21. The van der Waals surface area contributed by atoms with Crippen LogP contribution in [0.3, 0.4) is 0 Å². The van der Waals surface area contributed by atoms with Gasteiger partial charge in [-0.3, -0.25) is 4.79 Å². The largest absolute Gasteiger partial charge is 0.508 e. The van der Waals surface area contributed by atoms with E-state index in [4.69, 9.17) is 0 Å². The topological polar surface area (TPSA) is 60.8 Å². The molecular weight excluding hydrogens is 218 g/mol. The summed E-state index contributed by atoms with van der Waals surface area (Å²) < 4.78 is 0. The molecule has 0 aliphatic rings. The fourth-order valence-electron chi connectivity index (χ4n) is 1.52. The van der Waals surface area contributed by atoms with E-state index in [0.29, 0.717) is 13.1 Å². The number of carbonyl (C=O) groups is 1. The van der Waals surface area contributed by atoms with Crippen molar-refractivity contribution in [1.29, 1.82) is 0 Å². The molecule has 17 heavy (non-hydrogen) atoms. The monoisotopic (exact) mass is 235 g/mol. The second kappa shape index (κ2) is 5.39. The fourth-order valence-corrected chi connectivity index (χ4v) is 1.52. The molecule has 1 rings (SSSR count). The fraction of sp³-hybridized carbons (Fsp3) is 0.308. The second-order valence-corrected chi connectivity index (χ2v) is 3.98. The minimum atomic E-state index is -0.316. The highest BCUT2D eigenvalue weighted by Gasteiger charge is 2.18. The van der Waals surface area contributed by atoms with Crippen molar-refractivity contribution < 1.29 is 15.0 Å². The highest BCUT2D eigenvalue weighted by molar-refractivity contribution is 5.97. The zero-order chi connectivity index (χ0) is 13.0. The van der Waals surface area contributed by atoms with Crippen LogP contribution in [0, 0.1) is 0 Å². The first-order valence-electron chi connectivity index (χ1n) is 5.41. The lowest BCUT2D eigenvalue weighted by atomic mass is 10.1. The molecule has 0 atom stereocenters. The predicted octanol–water partition coefficient (Wildman–Crippen LogP) is 2.14. The van der Waals surface area contributed by atoms with E-state index in [1.54, 1.807) is 4.90 Å². The van der Waals surface area contributed by atoms with Crippen molar-refractivity contribution >= 4 is 5.91 Å². The average Bonchev–Trinajstić information content (AvgIpc) is 2.28. The van der Waals surface area contributed by atoms with Crippen LogP contribution in [0.4, 0.5) is 0 Å². The summed E-state index contributed by atoms with van der Waals surface area (Å²) in [5.74, 6) is -0.491. The molecule has 1 aromatic rings. The third-order valence-corrected chi connectivity index (χ3v) is 2.34. The van der Waals surface area contributed by atoms with E-state index in [-0.39, 0.29) is 23.0 Å². The zero-order valence-electron chi connectivity index (χ0n) is 10.1. The van der Waals surface area contributed by atoms with Gasteiger partial charge in [-0.15, -0.1) is 0 Å². The summed E-state index contributed by atoms with van der Waals surface area (Å²) in [5.41, 5.74) is 0.966. The van der Waals surface area contributed by atoms with Crippen LogP contribution in [0.1, 0.15) is 24.2 Å². The van der Waals surface area contributed by atoms with Crippen LogP contribution >= 0.6 is 0 Å². The molecule has 0 fully saturated rings. The van der Waals surface area contributed by atoms with Crippen molar-refractivity contribution in [2.75, 3.05) is 13.1 Å². The van der Waals surface area contributed by atoms with Gasteiger partial charge in [-0.1, -0.05) is 12.2 Å². The summed E-state index contributed by atoms with van der Waals surface area (Å²) in [7, 11) is 0. The summed E-state index contributed by atoms with van der Waals surface area (Å²) in [4.78, 5) is 13.7. The number of aromatic hydroxyl groups is 2. The van der Waals surface area contributed by atoms with E-state index in [1.165, 1.54) is 18.2 Å². The maximum atomic E-state index is 12.1. The molecule has 0 aromatic heterocycles. The highest BCUT2D eigenvalue weighted by Crippen LogP contribution is 2.23. The Morgan fingerprint density at radius 1 is 1.41 bits per heavy atom. The molecule has 0 spiro atoms. The Morgan fingerprint density at radius 3 is 2.59 bits per heavy atom. The van der Waals surface area contributed by atoms with E-state index < -0.39 is 0 Å².